The summed E-state index contributed by atoms with van der Waals surface area (Å²) in [5.41, 5.74) is 4.99. The lowest BCUT2D eigenvalue weighted by atomic mass is 10.1. The minimum atomic E-state index is -1.50. The Morgan fingerprint density at radius 1 is 0.434 bits per heavy atom. The van der Waals surface area contributed by atoms with E-state index in [-0.39, 0.29) is 65.9 Å². The van der Waals surface area contributed by atoms with Crippen molar-refractivity contribution in [2.24, 2.45) is 0 Å². The van der Waals surface area contributed by atoms with Gasteiger partial charge < -0.3 is 36.2 Å². The second-order valence-corrected chi connectivity index (χ2v) is 18.6. The molecule has 0 atom stereocenters. The molecule has 390 valence electrons. The minimum absolute atomic E-state index is 0.0177. The Morgan fingerprint density at radius 3 is 1.34 bits per heavy atom. The van der Waals surface area contributed by atoms with Gasteiger partial charge in [0, 0.05) is 34.3 Å². The third-order valence-corrected chi connectivity index (χ3v) is 13.0. The van der Waals surface area contributed by atoms with Gasteiger partial charge in [0.05, 0.1) is 58.6 Å². The van der Waals surface area contributed by atoms with Crippen LogP contribution in [0.25, 0.3) is 0 Å². The SMILES string of the molecule is Cc1ccccc1C(=O)Nc1cccc(OC(C)C)c1.Cc1ccccc1C(=O)Nc1ccccc1.O=C(Nc1ccccc1)c1ccccc1O.O=C(O)c1c(Cl)c(Cl)c(Cl)c(Cl)c1C(=O)Nc1cccc(Cl)c1Cl. The first kappa shape index (κ1) is 59.3. The highest BCUT2D eigenvalue weighted by Gasteiger charge is 2.29. The lowest BCUT2D eigenvalue weighted by Gasteiger charge is -2.14. The summed E-state index contributed by atoms with van der Waals surface area (Å²) >= 11 is 35.5. The molecule has 0 heterocycles. The summed E-state index contributed by atoms with van der Waals surface area (Å²) in [4.78, 5) is 59.9. The van der Waals surface area contributed by atoms with E-state index in [1.807, 2.05) is 149 Å². The highest BCUT2D eigenvalue weighted by molar-refractivity contribution is 6.54. The van der Waals surface area contributed by atoms with Gasteiger partial charge >= 0.3 is 5.97 Å². The first-order valence-electron chi connectivity index (χ1n) is 22.8. The van der Waals surface area contributed by atoms with Crippen LogP contribution >= 0.6 is 69.6 Å². The number of phenols is 1. The van der Waals surface area contributed by atoms with E-state index in [1.165, 1.54) is 18.2 Å². The number of carboxylic acids is 1. The number of hydrogen-bond acceptors (Lipinski definition) is 7. The molecular weight excluding hydrogens is 1090 g/mol. The largest absolute Gasteiger partial charge is 0.507 e. The molecule has 18 heteroatoms. The maximum atomic E-state index is 12.5. The fourth-order valence-electron chi connectivity index (χ4n) is 6.71. The topological polar surface area (TPSA) is 183 Å². The van der Waals surface area contributed by atoms with Crippen molar-refractivity contribution in [2.75, 3.05) is 21.3 Å². The first-order chi connectivity index (χ1) is 36.3. The summed E-state index contributed by atoms with van der Waals surface area (Å²) in [5.74, 6) is -2.14. The molecule has 0 aliphatic carbocycles. The zero-order chi connectivity index (χ0) is 55.5. The smallest absolute Gasteiger partial charge is 0.338 e. The molecule has 8 rings (SSSR count). The standard InChI is InChI=1S/C17H19NO2.C14H5Cl6NO3.C14H13NO.C13H11NO2/c1-12(2)20-15-9-6-8-14(11-15)18-17(19)16-10-5-4-7-13(16)3;15-4-2-1-3-5(8(4)16)21-13(22)6-7(14(23)24)10(18)12(20)11(19)9(6)17;1-11-7-5-6-10-13(11)14(16)15-12-8-3-2-4-9-12;15-12-9-5-4-8-11(12)13(16)14-10-6-2-1-3-7-10/h4-12H,1-3H3,(H,18,19);1-3H,(H,21,22)(H,23,24);2-10H,1H3,(H,15,16);1-9,15H,(H,14,16). The molecule has 8 aromatic rings. The van der Waals surface area contributed by atoms with E-state index < -0.39 is 28.0 Å². The molecule has 4 amide bonds. The molecule has 76 heavy (non-hydrogen) atoms. The molecule has 0 radical (unpaired) electrons. The molecule has 0 aliphatic rings. The average molecular weight is 1140 g/mol. The molecule has 6 N–H and O–H groups in total. The molecule has 0 bridgehead atoms. The number of hydrogen-bond donors (Lipinski definition) is 6. The zero-order valence-electron chi connectivity index (χ0n) is 40.9. The van der Waals surface area contributed by atoms with E-state index in [9.17, 15) is 34.2 Å². The molecule has 12 nitrogen and oxygen atoms in total. The number of para-hydroxylation sites is 3. The summed E-state index contributed by atoms with van der Waals surface area (Å²) in [6.45, 7) is 7.80. The van der Waals surface area contributed by atoms with Gasteiger partial charge in [0.25, 0.3) is 23.6 Å². The summed E-state index contributed by atoms with van der Waals surface area (Å²) in [6.07, 6.45) is 0.109. The number of ether oxygens (including phenoxy) is 1. The Hall–Kier alpha value is -7.55. The van der Waals surface area contributed by atoms with Crippen molar-refractivity contribution in [2.45, 2.75) is 33.8 Å². The van der Waals surface area contributed by atoms with Crippen LogP contribution in [0.5, 0.6) is 11.5 Å². The number of phenolic OH excluding ortho intramolecular Hbond substituents is 1. The number of aromatic carboxylic acids is 1. The Labute approximate surface area is 469 Å². The number of nitrogens with one attached hydrogen (secondary N) is 4. The highest BCUT2D eigenvalue weighted by atomic mass is 35.5. The van der Waals surface area contributed by atoms with Gasteiger partial charge in [-0.3, -0.25) is 19.2 Å². The molecule has 0 fully saturated rings. The minimum Gasteiger partial charge on any atom is -0.507 e. The van der Waals surface area contributed by atoms with Crippen molar-refractivity contribution >= 4 is 122 Å². The van der Waals surface area contributed by atoms with Crippen LogP contribution in [0, 0.1) is 13.8 Å². The van der Waals surface area contributed by atoms with E-state index >= 15 is 0 Å². The van der Waals surface area contributed by atoms with Gasteiger partial charge in [-0.05, 0) is 112 Å². The van der Waals surface area contributed by atoms with Crippen molar-refractivity contribution in [1.82, 2.24) is 0 Å². The van der Waals surface area contributed by atoms with Crippen LogP contribution in [0.4, 0.5) is 22.7 Å². The number of carbonyl (C=O) groups excluding carboxylic acids is 4. The van der Waals surface area contributed by atoms with E-state index in [4.69, 9.17) is 74.3 Å². The van der Waals surface area contributed by atoms with Crippen molar-refractivity contribution in [3.8, 4) is 11.5 Å². The normalized spacial score (nSPS) is 10.2. The molecule has 8 aromatic carbocycles. The summed E-state index contributed by atoms with van der Waals surface area (Å²) in [5, 5.41) is 28.7. The van der Waals surface area contributed by atoms with Crippen molar-refractivity contribution in [3.63, 3.8) is 0 Å². The van der Waals surface area contributed by atoms with Crippen molar-refractivity contribution in [3.05, 3.63) is 245 Å². The van der Waals surface area contributed by atoms with Gasteiger partial charge in [0.1, 0.15) is 11.5 Å². The predicted octanol–water partition coefficient (Wildman–Crippen LogP) is 16.5. The third-order valence-electron chi connectivity index (χ3n) is 10.4. The Bertz CT molecular complexity index is 3250. The summed E-state index contributed by atoms with van der Waals surface area (Å²) in [7, 11) is 0. The van der Waals surface area contributed by atoms with Gasteiger partial charge in [0.15, 0.2) is 0 Å². The molecule has 0 saturated carbocycles. The summed E-state index contributed by atoms with van der Waals surface area (Å²) < 4.78 is 5.61. The van der Waals surface area contributed by atoms with Gasteiger partial charge in [-0.15, -0.1) is 0 Å². The van der Waals surface area contributed by atoms with Crippen LogP contribution in [0.1, 0.15) is 76.8 Å². The maximum Gasteiger partial charge on any atom is 0.338 e. The Morgan fingerprint density at radius 2 is 0.855 bits per heavy atom. The second-order valence-electron chi connectivity index (χ2n) is 16.3. The molecule has 0 aromatic heterocycles. The fraction of sp³-hybridized carbons (Fsp3) is 0.0862. The zero-order valence-corrected chi connectivity index (χ0v) is 45.5. The average Bonchev–Trinajstić information content (AvgIpc) is 3.39. The van der Waals surface area contributed by atoms with E-state index in [0.717, 1.165) is 28.3 Å². The molecule has 0 saturated heterocycles. The van der Waals surface area contributed by atoms with Crippen LogP contribution in [-0.4, -0.2) is 45.9 Å². The molecular formula is C58H48Cl6N4O8. The number of aromatic hydroxyl groups is 1. The number of rotatable bonds is 11. The number of benzene rings is 8. The second kappa shape index (κ2) is 28.9. The van der Waals surface area contributed by atoms with Crippen LogP contribution in [0.2, 0.25) is 30.1 Å². The van der Waals surface area contributed by atoms with Gasteiger partial charge in [0.2, 0.25) is 0 Å². The van der Waals surface area contributed by atoms with E-state index in [1.54, 1.807) is 36.4 Å². The van der Waals surface area contributed by atoms with Crippen LogP contribution in [0.3, 0.4) is 0 Å². The lowest BCUT2D eigenvalue weighted by molar-refractivity contribution is 0.0692. The molecule has 0 spiro atoms. The molecule has 0 aliphatic heterocycles. The number of anilines is 4. The highest BCUT2D eigenvalue weighted by Crippen LogP contribution is 2.42. The Kier molecular flexibility index (Phi) is 22.6. The predicted molar refractivity (Wildman–Crippen MR) is 307 cm³/mol. The number of halogens is 6. The monoisotopic (exact) mass is 1140 g/mol. The van der Waals surface area contributed by atoms with Crippen LogP contribution in [0.15, 0.2) is 176 Å². The van der Waals surface area contributed by atoms with Gasteiger partial charge in [-0.2, -0.15) is 0 Å². The van der Waals surface area contributed by atoms with Crippen molar-refractivity contribution < 1.29 is 38.9 Å². The third kappa shape index (κ3) is 17.0. The van der Waals surface area contributed by atoms with E-state index in [0.29, 0.717) is 16.8 Å². The fourth-order valence-corrected chi connectivity index (χ4v) is 8.08. The lowest BCUT2D eigenvalue weighted by Crippen LogP contribution is -2.18. The first-order valence-corrected chi connectivity index (χ1v) is 25.1. The van der Waals surface area contributed by atoms with Crippen molar-refractivity contribution in [1.29, 1.82) is 0 Å². The van der Waals surface area contributed by atoms with E-state index in [2.05, 4.69) is 21.3 Å². The number of carbonyl (C=O) groups is 5. The maximum absolute atomic E-state index is 12.5. The quantitative estimate of drug-likeness (QED) is 0.0546. The summed E-state index contributed by atoms with van der Waals surface area (Å²) in [6, 6.07) is 52.1. The number of aryl methyl sites for hydroxylation is 2. The number of amides is 4. The van der Waals surface area contributed by atoms with Gasteiger partial charge in [-0.1, -0.05) is 167 Å². The van der Waals surface area contributed by atoms with Crippen LogP contribution < -0.4 is 26.0 Å². The molecule has 0 unspecified atom stereocenters. The van der Waals surface area contributed by atoms with Crippen LogP contribution in [-0.2, 0) is 0 Å². The number of carboxylic acid groups (broad SMARTS) is 1. The Balaban J connectivity index is 0.000000190. The van der Waals surface area contributed by atoms with Gasteiger partial charge in [-0.25, -0.2) is 4.79 Å².